The topological polar surface area (TPSA) is 24.3 Å². The molecule has 3 aromatic rings. The highest BCUT2D eigenvalue weighted by Crippen LogP contribution is 2.28. The summed E-state index contributed by atoms with van der Waals surface area (Å²) in [6.07, 6.45) is 6.59. The minimum absolute atomic E-state index is 0.641. The van der Waals surface area contributed by atoms with Crippen LogP contribution in [-0.4, -0.2) is 51.6 Å². The zero-order valence-corrected chi connectivity index (χ0v) is 18.4. The van der Waals surface area contributed by atoms with Crippen molar-refractivity contribution in [2.75, 3.05) is 26.2 Å². The Kier molecular flexibility index (Phi) is 6.66. The van der Waals surface area contributed by atoms with E-state index in [1.807, 2.05) is 6.08 Å². The van der Waals surface area contributed by atoms with E-state index >= 15 is 0 Å². The number of imidazole rings is 1. The van der Waals surface area contributed by atoms with E-state index in [1.54, 1.807) is 0 Å². The summed E-state index contributed by atoms with van der Waals surface area (Å²) in [5, 5.41) is 2.54. The molecule has 30 heavy (non-hydrogen) atoms. The highest BCUT2D eigenvalue weighted by atomic mass is 15.3. The molecule has 4 rings (SSSR count). The molecule has 0 bridgehead atoms. The third-order valence-electron chi connectivity index (χ3n) is 6.40. The zero-order chi connectivity index (χ0) is 20.9. The van der Waals surface area contributed by atoms with Crippen molar-refractivity contribution >= 4 is 10.8 Å². The van der Waals surface area contributed by atoms with Gasteiger partial charge in [-0.1, -0.05) is 48.5 Å². The quantitative estimate of drug-likeness (QED) is 0.484. The number of aromatic nitrogens is 2. The molecule has 0 spiro atoms. The first-order valence-corrected chi connectivity index (χ1v) is 11.3. The van der Waals surface area contributed by atoms with Crippen LogP contribution >= 0.6 is 0 Å². The summed E-state index contributed by atoms with van der Waals surface area (Å²) in [6.45, 7) is 14.8. The molecule has 0 saturated carbocycles. The predicted octanol–water partition coefficient (Wildman–Crippen LogP) is 5.20. The Bertz CT molecular complexity index is 976. The second-order valence-electron chi connectivity index (χ2n) is 8.40. The molecule has 1 aromatic heterocycles. The molecule has 1 aliphatic rings. The summed E-state index contributed by atoms with van der Waals surface area (Å²) in [7, 11) is 0. The Labute approximate surface area is 180 Å². The van der Waals surface area contributed by atoms with Crippen LogP contribution < -0.4 is 0 Å². The van der Waals surface area contributed by atoms with Crippen LogP contribution in [0.5, 0.6) is 0 Å². The highest BCUT2D eigenvalue weighted by molar-refractivity contribution is 5.95. The van der Waals surface area contributed by atoms with Gasteiger partial charge in [-0.2, -0.15) is 0 Å². The Morgan fingerprint density at radius 3 is 2.60 bits per heavy atom. The van der Waals surface area contributed by atoms with E-state index in [-0.39, 0.29) is 0 Å². The van der Waals surface area contributed by atoms with Gasteiger partial charge in [-0.05, 0) is 37.5 Å². The van der Waals surface area contributed by atoms with Gasteiger partial charge in [0.2, 0.25) is 0 Å². The second kappa shape index (κ2) is 9.59. The van der Waals surface area contributed by atoms with E-state index in [0.717, 1.165) is 51.5 Å². The minimum Gasteiger partial charge on any atom is -0.331 e. The average Bonchev–Trinajstić information content (AvgIpc) is 3.20. The molecule has 1 unspecified atom stereocenters. The molecule has 0 amide bonds. The van der Waals surface area contributed by atoms with Crippen molar-refractivity contribution in [3.8, 4) is 11.4 Å². The van der Waals surface area contributed by atoms with Crippen molar-refractivity contribution in [3.63, 3.8) is 0 Å². The summed E-state index contributed by atoms with van der Waals surface area (Å²) >= 11 is 0. The highest BCUT2D eigenvalue weighted by Gasteiger charge is 2.22. The van der Waals surface area contributed by atoms with Gasteiger partial charge >= 0.3 is 0 Å². The van der Waals surface area contributed by atoms with Crippen LogP contribution in [0.1, 0.15) is 32.4 Å². The standard InChI is InChI=1S/C26H34N4/c1-4-6-10-21(3)30-17-15-28(16-18-30)19-23-20-29(5-2)26(27-23)25-14-9-12-22-11-7-8-13-24(22)25/h4,7-9,11-14,20-21H,1,5-6,10,15-19H2,2-3H3. The number of hydrogen-bond acceptors (Lipinski definition) is 3. The van der Waals surface area contributed by atoms with E-state index in [0.29, 0.717) is 6.04 Å². The molecule has 2 heterocycles. The van der Waals surface area contributed by atoms with Gasteiger partial charge in [-0.15, -0.1) is 6.58 Å². The van der Waals surface area contributed by atoms with Gasteiger partial charge in [0.05, 0.1) is 5.69 Å². The van der Waals surface area contributed by atoms with E-state index in [2.05, 4.69) is 83.5 Å². The molecule has 1 atom stereocenters. The van der Waals surface area contributed by atoms with Crippen molar-refractivity contribution in [2.45, 2.75) is 45.8 Å². The van der Waals surface area contributed by atoms with Crippen molar-refractivity contribution in [1.82, 2.24) is 19.4 Å². The minimum atomic E-state index is 0.641. The van der Waals surface area contributed by atoms with Gasteiger partial charge < -0.3 is 4.57 Å². The Morgan fingerprint density at radius 1 is 1.07 bits per heavy atom. The summed E-state index contributed by atoms with van der Waals surface area (Å²) < 4.78 is 2.30. The lowest BCUT2D eigenvalue weighted by atomic mass is 10.0. The molecule has 0 radical (unpaired) electrons. The first-order valence-electron chi connectivity index (χ1n) is 11.3. The number of aryl methyl sites for hydroxylation is 1. The summed E-state index contributed by atoms with van der Waals surface area (Å²) in [5.41, 5.74) is 2.40. The van der Waals surface area contributed by atoms with Crippen LogP contribution in [-0.2, 0) is 13.1 Å². The molecule has 4 heteroatoms. The second-order valence-corrected chi connectivity index (χ2v) is 8.40. The SMILES string of the molecule is C=CCCC(C)N1CCN(Cc2cn(CC)c(-c3cccc4ccccc34)n2)CC1. The third-order valence-corrected chi connectivity index (χ3v) is 6.40. The summed E-state index contributed by atoms with van der Waals surface area (Å²) in [5.74, 6) is 1.08. The maximum atomic E-state index is 5.09. The zero-order valence-electron chi connectivity index (χ0n) is 18.4. The normalized spacial score (nSPS) is 16.7. The lowest BCUT2D eigenvalue weighted by molar-refractivity contribution is 0.0942. The maximum Gasteiger partial charge on any atom is 0.140 e. The molecular formula is C26H34N4. The monoisotopic (exact) mass is 402 g/mol. The van der Waals surface area contributed by atoms with E-state index in [9.17, 15) is 0 Å². The smallest absolute Gasteiger partial charge is 0.140 e. The number of fused-ring (bicyclic) bond motifs is 1. The summed E-state index contributed by atoms with van der Waals surface area (Å²) in [4.78, 5) is 10.3. The molecule has 1 saturated heterocycles. The number of nitrogens with zero attached hydrogens (tertiary/aromatic N) is 4. The van der Waals surface area contributed by atoms with Crippen LogP contribution in [0.4, 0.5) is 0 Å². The van der Waals surface area contributed by atoms with Crippen LogP contribution in [0.25, 0.3) is 22.2 Å². The largest absolute Gasteiger partial charge is 0.331 e. The Balaban J connectivity index is 1.47. The van der Waals surface area contributed by atoms with E-state index in [4.69, 9.17) is 4.98 Å². The molecule has 4 nitrogen and oxygen atoms in total. The Hall–Kier alpha value is -2.43. The van der Waals surface area contributed by atoms with Gasteiger partial charge in [0, 0.05) is 57.1 Å². The average molecular weight is 403 g/mol. The van der Waals surface area contributed by atoms with Crippen molar-refractivity contribution < 1.29 is 0 Å². The van der Waals surface area contributed by atoms with Crippen molar-refractivity contribution in [1.29, 1.82) is 0 Å². The van der Waals surface area contributed by atoms with E-state index < -0.39 is 0 Å². The first-order chi connectivity index (χ1) is 14.7. The van der Waals surface area contributed by atoms with Crippen LogP contribution in [0.3, 0.4) is 0 Å². The fraction of sp³-hybridized carbons (Fsp3) is 0.423. The fourth-order valence-corrected chi connectivity index (χ4v) is 4.56. The molecule has 158 valence electrons. The molecule has 1 aliphatic heterocycles. The maximum absolute atomic E-state index is 5.09. The number of rotatable bonds is 8. The number of benzene rings is 2. The van der Waals surface area contributed by atoms with Crippen LogP contribution in [0, 0.1) is 0 Å². The van der Waals surface area contributed by atoms with Gasteiger partial charge in [-0.25, -0.2) is 4.98 Å². The van der Waals surface area contributed by atoms with Crippen molar-refractivity contribution in [3.05, 3.63) is 67.0 Å². The van der Waals surface area contributed by atoms with Gasteiger partial charge in [0.15, 0.2) is 0 Å². The lowest BCUT2D eigenvalue weighted by Gasteiger charge is -2.37. The number of hydrogen-bond donors (Lipinski definition) is 0. The molecule has 0 aliphatic carbocycles. The van der Waals surface area contributed by atoms with Crippen LogP contribution in [0.2, 0.25) is 0 Å². The van der Waals surface area contributed by atoms with Gasteiger partial charge in [-0.3, -0.25) is 9.80 Å². The number of piperazine rings is 1. The van der Waals surface area contributed by atoms with Crippen molar-refractivity contribution in [2.24, 2.45) is 0 Å². The summed E-state index contributed by atoms with van der Waals surface area (Å²) in [6, 6.07) is 15.7. The molecular weight excluding hydrogens is 368 g/mol. The van der Waals surface area contributed by atoms with Crippen LogP contribution in [0.15, 0.2) is 61.3 Å². The third kappa shape index (κ3) is 4.50. The first kappa shape index (κ1) is 20.8. The molecule has 0 N–H and O–H groups in total. The lowest BCUT2D eigenvalue weighted by Crippen LogP contribution is -2.49. The van der Waals surface area contributed by atoms with Gasteiger partial charge in [0.1, 0.15) is 5.82 Å². The Morgan fingerprint density at radius 2 is 1.83 bits per heavy atom. The van der Waals surface area contributed by atoms with E-state index in [1.165, 1.54) is 28.5 Å². The van der Waals surface area contributed by atoms with Gasteiger partial charge in [0.25, 0.3) is 0 Å². The predicted molar refractivity (Wildman–Crippen MR) is 127 cm³/mol. The fourth-order valence-electron chi connectivity index (χ4n) is 4.56. The molecule has 1 fully saturated rings. The number of allylic oxidation sites excluding steroid dienone is 1. The molecule has 2 aromatic carbocycles.